The van der Waals surface area contributed by atoms with Gasteiger partial charge in [-0.25, -0.2) is 10.2 Å². The Morgan fingerprint density at radius 1 is 0.903 bits per heavy atom. The van der Waals surface area contributed by atoms with E-state index in [1.54, 1.807) is 60.7 Å². The molecule has 0 aliphatic carbocycles. The van der Waals surface area contributed by atoms with Gasteiger partial charge in [0.25, 0.3) is 0 Å². The molecule has 0 saturated carbocycles. The lowest BCUT2D eigenvalue weighted by molar-refractivity contribution is -0.136. The third-order valence-electron chi connectivity index (χ3n) is 4.14. The number of carbonyl (C=O) groups excluding carboxylic acids is 3. The van der Waals surface area contributed by atoms with Crippen LogP contribution in [0.25, 0.3) is 0 Å². The summed E-state index contributed by atoms with van der Waals surface area (Å²) in [6.07, 6.45) is 1.36. The molecule has 0 aliphatic rings. The van der Waals surface area contributed by atoms with E-state index in [0.717, 1.165) is 5.56 Å². The summed E-state index contributed by atoms with van der Waals surface area (Å²) in [6, 6.07) is 20.0. The molecule has 0 unspecified atom stereocenters. The highest BCUT2D eigenvalue weighted by Crippen LogP contribution is 2.16. The van der Waals surface area contributed by atoms with Gasteiger partial charge in [0, 0.05) is 10.7 Å². The maximum Gasteiger partial charge on any atom is 0.343 e. The van der Waals surface area contributed by atoms with Crippen LogP contribution in [0.1, 0.15) is 21.5 Å². The van der Waals surface area contributed by atoms with Crippen LogP contribution in [0.4, 0.5) is 5.69 Å². The summed E-state index contributed by atoms with van der Waals surface area (Å²) in [5.74, 6) is -1.86. The lowest BCUT2D eigenvalue weighted by Crippen LogP contribution is -2.32. The maximum atomic E-state index is 12.2. The largest absolute Gasteiger partial charge is 0.423 e. The summed E-state index contributed by atoms with van der Waals surface area (Å²) in [6.45, 7) is 1.83. The number of benzene rings is 3. The number of anilines is 1. The van der Waals surface area contributed by atoms with E-state index >= 15 is 0 Å². The average Bonchev–Trinajstić information content (AvgIpc) is 2.76. The van der Waals surface area contributed by atoms with Crippen LogP contribution in [-0.4, -0.2) is 24.0 Å². The molecule has 31 heavy (non-hydrogen) atoms. The molecule has 8 heteroatoms. The summed E-state index contributed by atoms with van der Waals surface area (Å²) < 4.78 is 5.36. The smallest absolute Gasteiger partial charge is 0.343 e. The number of esters is 1. The van der Waals surface area contributed by atoms with Crippen molar-refractivity contribution >= 4 is 41.3 Å². The summed E-state index contributed by atoms with van der Waals surface area (Å²) >= 11 is 5.77. The normalized spacial score (nSPS) is 10.5. The van der Waals surface area contributed by atoms with Gasteiger partial charge >= 0.3 is 17.8 Å². The Bertz CT molecular complexity index is 1130. The molecule has 0 heterocycles. The monoisotopic (exact) mass is 435 g/mol. The molecule has 156 valence electrons. The highest BCUT2D eigenvalue weighted by atomic mass is 35.5. The summed E-state index contributed by atoms with van der Waals surface area (Å²) in [5.41, 5.74) is 4.53. The number of ether oxygens (including phenoxy) is 1. The molecule has 2 N–H and O–H groups in total. The first kappa shape index (κ1) is 21.7. The molecule has 7 nitrogen and oxygen atoms in total. The van der Waals surface area contributed by atoms with Crippen LogP contribution in [-0.2, 0) is 9.59 Å². The van der Waals surface area contributed by atoms with Crippen molar-refractivity contribution in [2.45, 2.75) is 6.92 Å². The molecule has 3 aromatic rings. The van der Waals surface area contributed by atoms with Gasteiger partial charge in [0.1, 0.15) is 5.75 Å². The van der Waals surface area contributed by atoms with Crippen LogP contribution in [0.5, 0.6) is 5.75 Å². The van der Waals surface area contributed by atoms with E-state index < -0.39 is 17.8 Å². The number of carbonyl (C=O) groups is 3. The first-order valence-electron chi connectivity index (χ1n) is 9.20. The van der Waals surface area contributed by atoms with E-state index in [4.69, 9.17) is 16.3 Å². The fraction of sp³-hybridized carbons (Fsp3) is 0.0435. The summed E-state index contributed by atoms with van der Waals surface area (Å²) in [5, 5.41) is 6.70. The molecule has 0 saturated heterocycles. The third-order valence-corrected chi connectivity index (χ3v) is 4.40. The van der Waals surface area contributed by atoms with Gasteiger partial charge in [0.05, 0.1) is 11.8 Å². The van der Waals surface area contributed by atoms with E-state index in [1.807, 2.05) is 19.1 Å². The van der Waals surface area contributed by atoms with Crippen molar-refractivity contribution in [3.8, 4) is 5.75 Å². The Morgan fingerprint density at radius 3 is 2.26 bits per heavy atom. The fourth-order valence-corrected chi connectivity index (χ4v) is 2.65. The summed E-state index contributed by atoms with van der Waals surface area (Å²) in [7, 11) is 0. The molecule has 0 bridgehead atoms. The van der Waals surface area contributed by atoms with E-state index in [1.165, 1.54) is 6.21 Å². The number of hydrogen-bond acceptors (Lipinski definition) is 5. The van der Waals surface area contributed by atoms with Crippen molar-refractivity contribution in [2.75, 3.05) is 5.32 Å². The topological polar surface area (TPSA) is 96.9 Å². The minimum atomic E-state index is -0.921. The van der Waals surface area contributed by atoms with Gasteiger partial charge in [-0.15, -0.1) is 0 Å². The van der Waals surface area contributed by atoms with E-state index in [2.05, 4.69) is 15.8 Å². The lowest BCUT2D eigenvalue weighted by Gasteiger charge is -2.06. The minimum absolute atomic E-state index is 0.372. The molecular formula is C23H18ClN3O4. The fourth-order valence-electron chi connectivity index (χ4n) is 2.52. The molecule has 2 amide bonds. The molecule has 0 aliphatic heterocycles. The number of halogens is 1. The molecule has 3 aromatic carbocycles. The standard InChI is InChI=1S/C23H18ClN3O4/c1-15-4-2-3-5-20(15)23(30)31-19-12-6-16(7-13-19)14-25-27-22(29)21(28)26-18-10-8-17(24)9-11-18/h2-14H,1H3,(H,26,28)(H,27,29). The molecule has 0 radical (unpaired) electrons. The van der Waals surface area contributed by atoms with Gasteiger partial charge < -0.3 is 10.1 Å². The lowest BCUT2D eigenvalue weighted by atomic mass is 10.1. The Kier molecular flexibility index (Phi) is 7.13. The molecule has 0 spiro atoms. The number of hydrazone groups is 1. The quantitative estimate of drug-likeness (QED) is 0.208. The van der Waals surface area contributed by atoms with Crippen LogP contribution in [0.2, 0.25) is 5.02 Å². The van der Waals surface area contributed by atoms with Crippen molar-refractivity contribution in [1.29, 1.82) is 0 Å². The van der Waals surface area contributed by atoms with Crippen molar-refractivity contribution in [2.24, 2.45) is 5.10 Å². The predicted octanol–water partition coefficient (Wildman–Crippen LogP) is 3.96. The first-order chi connectivity index (χ1) is 14.9. The van der Waals surface area contributed by atoms with Crippen molar-refractivity contribution in [1.82, 2.24) is 5.43 Å². The van der Waals surface area contributed by atoms with Gasteiger partial charge in [-0.1, -0.05) is 29.8 Å². The van der Waals surface area contributed by atoms with Crippen LogP contribution >= 0.6 is 11.6 Å². The van der Waals surface area contributed by atoms with Crippen LogP contribution in [0.3, 0.4) is 0 Å². The second kappa shape index (κ2) is 10.2. The highest BCUT2D eigenvalue weighted by Gasteiger charge is 2.13. The summed E-state index contributed by atoms with van der Waals surface area (Å²) in [4.78, 5) is 35.9. The molecule has 3 rings (SSSR count). The van der Waals surface area contributed by atoms with Gasteiger partial charge in [-0.2, -0.15) is 5.10 Å². The molecule has 0 fully saturated rings. The zero-order valence-corrected chi connectivity index (χ0v) is 17.2. The SMILES string of the molecule is Cc1ccccc1C(=O)Oc1ccc(C=NNC(=O)C(=O)Nc2ccc(Cl)cc2)cc1. The second-order valence-electron chi connectivity index (χ2n) is 6.43. The number of aryl methyl sites for hydroxylation is 1. The Labute approximate surface area is 183 Å². The van der Waals surface area contributed by atoms with Gasteiger partial charge in [0.2, 0.25) is 0 Å². The Hall–Kier alpha value is -3.97. The van der Waals surface area contributed by atoms with Crippen molar-refractivity contribution in [3.63, 3.8) is 0 Å². The molecule has 0 aromatic heterocycles. The number of rotatable bonds is 5. The average molecular weight is 436 g/mol. The second-order valence-corrected chi connectivity index (χ2v) is 6.87. The number of amides is 2. The van der Waals surface area contributed by atoms with E-state index in [9.17, 15) is 14.4 Å². The van der Waals surface area contributed by atoms with Gasteiger partial charge in [-0.05, 0) is 72.6 Å². The third kappa shape index (κ3) is 6.25. The minimum Gasteiger partial charge on any atom is -0.423 e. The Morgan fingerprint density at radius 2 is 1.58 bits per heavy atom. The van der Waals surface area contributed by atoms with Crippen molar-refractivity contribution < 1.29 is 19.1 Å². The predicted molar refractivity (Wildman–Crippen MR) is 118 cm³/mol. The molecule has 0 atom stereocenters. The number of nitrogens with zero attached hydrogens (tertiary/aromatic N) is 1. The zero-order chi connectivity index (χ0) is 22.2. The van der Waals surface area contributed by atoms with Gasteiger partial charge in [0.15, 0.2) is 0 Å². The first-order valence-corrected chi connectivity index (χ1v) is 9.58. The molecular weight excluding hydrogens is 418 g/mol. The number of nitrogens with one attached hydrogen (secondary N) is 2. The maximum absolute atomic E-state index is 12.2. The van der Waals surface area contributed by atoms with Crippen LogP contribution < -0.4 is 15.5 Å². The zero-order valence-electron chi connectivity index (χ0n) is 16.5. The van der Waals surface area contributed by atoms with E-state index in [0.29, 0.717) is 27.6 Å². The Balaban J connectivity index is 1.51. The van der Waals surface area contributed by atoms with Crippen molar-refractivity contribution in [3.05, 3.63) is 94.5 Å². The van der Waals surface area contributed by atoms with Gasteiger partial charge in [-0.3, -0.25) is 9.59 Å². The highest BCUT2D eigenvalue weighted by molar-refractivity contribution is 6.39. The van der Waals surface area contributed by atoms with Crippen LogP contribution in [0, 0.1) is 6.92 Å². The van der Waals surface area contributed by atoms with Crippen LogP contribution in [0.15, 0.2) is 77.9 Å². The van der Waals surface area contributed by atoms with E-state index in [-0.39, 0.29) is 0 Å². The number of hydrogen-bond donors (Lipinski definition) is 2.